The van der Waals surface area contributed by atoms with Gasteiger partial charge in [-0.05, 0) is 55.7 Å². The number of pyridine rings is 2. The lowest BCUT2D eigenvalue weighted by Gasteiger charge is -2.26. The van der Waals surface area contributed by atoms with Crippen LogP contribution < -0.4 is 10.6 Å². The lowest BCUT2D eigenvalue weighted by molar-refractivity contribution is 0.266. The number of nitrogens with two attached hydrogens (primary N) is 1. The molecule has 0 amide bonds. The maximum Gasteiger partial charge on any atom is 0.154 e. The third kappa shape index (κ3) is 4.52. The van der Waals surface area contributed by atoms with Crippen LogP contribution in [0.3, 0.4) is 0 Å². The van der Waals surface area contributed by atoms with E-state index < -0.39 is 0 Å². The molecule has 1 unspecified atom stereocenters. The predicted octanol–water partition coefficient (Wildman–Crippen LogP) is 3.74. The molecule has 3 aromatic heterocycles. The van der Waals surface area contributed by atoms with E-state index in [0.717, 1.165) is 65.8 Å². The number of anilines is 1. The van der Waals surface area contributed by atoms with E-state index in [2.05, 4.69) is 34.0 Å². The lowest BCUT2D eigenvalue weighted by atomic mass is 10.0. The summed E-state index contributed by atoms with van der Waals surface area (Å²) in [5.41, 5.74) is 11.6. The SMILES string of the molecule is CCC[C@H](N)c1cccc(-c2cc(N3CCCC3CO)c3cnn(-c4cccc(CO)n4)c3c2)n1. The van der Waals surface area contributed by atoms with Gasteiger partial charge in [-0.3, -0.25) is 4.98 Å². The molecule has 35 heavy (non-hydrogen) atoms. The Morgan fingerprint density at radius 1 is 1.11 bits per heavy atom. The van der Waals surface area contributed by atoms with Gasteiger partial charge in [-0.15, -0.1) is 0 Å². The van der Waals surface area contributed by atoms with Crippen molar-refractivity contribution in [2.24, 2.45) is 5.73 Å². The summed E-state index contributed by atoms with van der Waals surface area (Å²) < 4.78 is 1.80. The number of aromatic nitrogens is 4. The van der Waals surface area contributed by atoms with Crippen molar-refractivity contribution in [3.8, 4) is 17.1 Å². The van der Waals surface area contributed by atoms with Crippen LogP contribution in [0.2, 0.25) is 0 Å². The van der Waals surface area contributed by atoms with Crippen LogP contribution >= 0.6 is 0 Å². The minimum absolute atomic E-state index is 0.0740. The van der Waals surface area contributed by atoms with Gasteiger partial charge in [0.15, 0.2) is 5.82 Å². The van der Waals surface area contributed by atoms with E-state index in [-0.39, 0.29) is 25.3 Å². The van der Waals surface area contributed by atoms with Crippen LogP contribution in [0, 0.1) is 0 Å². The van der Waals surface area contributed by atoms with E-state index in [1.54, 1.807) is 10.7 Å². The number of hydrogen-bond acceptors (Lipinski definition) is 7. The fourth-order valence-corrected chi connectivity index (χ4v) is 4.97. The fraction of sp³-hybridized carbons (Fsp3) is 0.370. The largest absolute Gasteiger partial charge is 0.394 e. The molecule has 1 aliphatic heterocycles. The van der Waals surface area contributed by atoms with Crippen molar-refractivity contribution in [2.45, 2.75) is 51.3 Å². The molecule has 2 atom stereocenters. The smallest absolute Gasteiger partial charge is 0.154 e. The summed E-state index contributed by atoms with van der Waals surface area (Å²) in [5, 5.41) is 25.3. The molecular weight excluding hydrogens is 440 g/mol. The summed E-state index contributed by atoms with van der Waals surface area (Å²) in [6.07, 6.45) is 5.72. The molecule has 1 aromatic carbocycles. The molecular formula is C27H32N6O2. The van der Waals surface area contributed by atoms with Crippen LogP contribution in [-0.4, -0.2) is 49.2 Å². The zero-order chi connectivity index (χ0) is 24.4. The van der Waals surface area contributed by atoms with Crippen molar-refractivity contribution in [2.75, 3.05) is 18.1 Å². The Labute approximate surface area is 205 Å². The Kier molecular flexibility index (Phi) is 6.77. The number of aliphatic hydroxyl groups excluding tert-OH is 2. The van der Waals surface area contributed by atoms with Crippen molar-refractivity contribution >= 4 is 16.6 Å². The number of nitrogens with zero attached hydrogens (tertiary/aromatic N) is 5. The van der Waals surface area contributed by atoms with Gasteiger partial charge in [-0.1, -0.05) is 25.5 Å². The summed E-state index contributed by atoms with van der Waals surface area (Å²) in [6.45, 7) is 2.98. The summed E-state index contributed by atoms with van der Waals surface area (Å²) in [6, 6.07) is 15.7. The van der Waals surface area contributed by atoms with E-state index in [9.17, 15) is 10.2 Å². The first-order chi connectivity index (χ1) is 17.1. The minimum Gasteiger partial charge on any atom is -0.394 e. The summed E-state index contributed by atoms with van der Waals surface area (Å²) >= 11 is 0. The summed E-state index contributed by atoms with van der Waals surface area (Å²) in [5.74, 6) is 0.640. The highest BCUT2D eigenvalue weighted by Crippen LogP contribution is 2.37. The molecule has 4 N–H and O–H groups in total. The molecule has 0 bridgehead atoms. The summed E-state index contributed by atoms with van der Waals surface area (Å²) in [7, 11) is 0. The molecule has 8 nitrogen and oxygen atoms in total. The maximum atomic E-state index is 10.0. The van der Waals surface area contributed by atoms with E-state index in [0.29, 0.717) is 11.5 Å². The molecule has 4 heterocycles. The van der Waals surface area contributed by atoms with Crippen molar-refractivity contribution in [3.63, 3.8) is 0 Å². The number of hydrogen-bond donors (Lipinski definition) is 3. The molecule has 0 radical (unpaired) electrons. The van der Waals surface area contributed by atoms with Gasteiger partial charge in [0, 0.05) is 29.2 Å². The second-order valence-electron chi connectivity index (χ2n) is 9.14. The Morgan fingerprint density at radius 3 is 2.77 bits per heavy atom. The number of rotatable bonds is 8. The first-order valence-corrected chi connectivity index (χ1v) is 12.3. The van der Waals surface area contributed by atoms with Crippen LogP contribution in [0.1, 0.15) is 50.0 Å². The molecule has 0 saturated carbocycles. The first-order valence-electron chi connectivity index (χ1n) is 12.3. The zero-order valence-corrected chi connectivity index (χ0v) is 20.0. The van der Waals surface area contributed by atoms with Gasteiger partial charge in [-0.25, -0.2) is 9.67 Å². The Hall–Kier alpha value is -3.33. The second-order valence-corrected chi connectivity index (χ2v) is 9.14. The van der Waals surface area contributed by atoms with Gasteiger partial charge < -0.3 is 20.8 Å². The molecule has 4 aromatic rings. The Bertz CT molecular complexity index is 1320. The number of fused-ring (bicyclic) bond motifs is 1. The third-order valence-electron chi connectivity index (χ3n) is 6.78. The third-order valence-corrected chi connectivity index (χ3v) is 6.78. The van der Waals surface area contributed by atoms with Crippen LogP contribution in [-0.2, 0) is 6.61 Å². The van der Waals surface area contributed by atoms with Crippen LogP contribution in [0.15, 0.2) is 54.7 Å². The first kappa shape index (κ1) is 23.4. The standard InChI is InChI=1S/C27H32N6O2/c1-2-6-22(28)24-10-4-9-23(31-24)18-13-25(32-12-5-8-20(32)17-35)21-15-29-33(26(21)14-18)27-11-3-7-19(16-34)30-27/h3-4,7,9-11,13-15,20,22,34-35H,2,5-6,8,12,16-17,28H2,1H3/t20?,22-/m0/s1. The van der Waals surface area contributed by atoms with Gasteiger partial charge in [0.2, 0.25) is 0 Å². The molecule has 1 aliphatic rings. The Morgan fingerprint density at radius 2 is 1.97 bits per heavy atom. The summed E-state index contributed by atoms with van der Waals surface area (Å²) in [4.78, 5) is 11.8. The molecule has 5 rings (SSSR count). The average Bonchev–Trinajstić information content (AvgIpc) is 3.55. The quantitative estimate of drug-likeness (QED) is 0.358. The highest BCUT2D eigenvalue weighted by Gasteiger charge is 2.27. The number of benzene rings is 1. The van der Waals surface area contributed by atoms with Gasteiger partial charge in [-0.2, -0.15) is 5.10 Å². The topological polar surface area (TPSA) is 113 Å². The van der Waals surface area contributed by atoms with Crippen LogP contribution in [0.25, 0.3) is 28.0 Å². The van der Waals surface area contributed by atoms with Gasteiger partial charge in [0.1, 0.15) is 0 Å². The van der Waals surface area contributed by atoms with Gasteiger partial charge in [0.25, 0.3) is 0 Å². The Balaban J connectivity index is 1.69. The molecule has 1 fully saturated rings. The molecule has 8 heteroatoms. The highest BCUT2D eigenvalue weighted by molar-refractivity contribution is 5.96. The number of aliphatic hydroxyl groups is 2. The van der Waals surface area contributed by atoms with E-state index >= 15 is 0 Å². The van der Waals surface area contributed by atoms with Gasteiger partial charge >= 0.3 is 0 Å². The van der Waals surface area contributed by atoms with Crippen molar-refractivity contribution < 1.29 is 10.2 Å². The maximum absolute atomic E-state index is 10.0. The van der Waals surface area contributed by atoms with Gasteiger partial charge in [0.05, 0.1) is 48.1 Å². The normalized spacial score (nSPS) is 16.8. The van der Waals surface area contributed by atoms with E-state index in [4.69, 9.17) is 10.7 Å². The zero-order valence-electron chi connectivity index (χ0n) is 20.0. The fourth-order valence-electron chi connectivity index (χ4n) is 4.97. The van der Waals surface area contributed by atoms with Crippen molar-refractivity contribution in [1.29, 1.82) is 0 Å². The van der Waals surface area contributed by atoms with E-state index in [1.807, 2.05) is 36.5 Å². The monoisotopic (exact) mass is 472 g/mol. The molecule has 0 spiro atoms. The van der Waals surface area contributed by atoms with Crippen LogP contribution in [0.4, 0.5) is 5.69 Å². The molecule has 182 valence electrons. The van der Waals surface area contributed by atoms with Crippen molar-refractivity contribution in [3.05, 3.63) is 66.1 Å². The van der Waals surface area contributed by atoms with Crippen molar-refractivity contribution in [1.82, 2.24) is 19.7 Å². The van der Waals surface area contributed by atoms with Crippen LogP contribution in [0.5, 0.6) is 0 Å². The molecule has 0 aliphatic carbocycles. The lowest BCUT2D eigenvalue weighted by Crippen LogP contribution is -2.32. The minimum atomic E-state index is -0.135. The van der Waals surface area contributed by atoms with E-state index in [1.165, 1.54) is 0 Å². The highest BCUT2D eigenvalue weighted by atomic mass is 16.3. The molecule has 1 saturated heterocycles. The predicted molar refractivity (Wildman–Crippen MR) is 137 cm³/mol. The second kappa shape index (κ2) is 10.1. The average molecular weight is 473 g/mol.